The first-order chi connectivity index (χ1) is 8.10. The van der Waals surface area contributed by atoms with Gasteiger partial charge in [-0.3, -0.25) is 4.79 Å². The Labute approximate surface area is 107 Å². The summed E-state index contributed by atoms with van der Waals surface area (Å²) in [6.45, 7) is 0. The van der Waals surface area contributed by atoms with Crippen molar-refractivity contribution in [3.63, 3.8) is 0 Å². The lowest BCUT2D eigenvalue weighted by atomic mass is 10.3. The van der Waals surface area contributed by atoms with Crippen molar-refractivity contribution < 1.29 is 14.3 Å². The number of carbonyl (C=O) groups excluding carboxylic acids is 2. The first-order valence-electron chi connectivity index (χ1n) is 5.17. The fourth-order valence-electron chi connectivity index (χ4n) is 1.34. The summed E-state index contributed by atoms with van der Waals surface area (Å²) in [5, 5.41) is 2.68. The number of anilines is 1. The summed E-state index contributed by atoms with van der Waals surface area (Å²) in [7, 11) is 1.29. The second kappa shape index (κ2) is 4.83. The summed E-state index contributed by atoms with van der Waals surface area (Å²) < 4.78 is 5.24. The average molecular weight is 299 g/mol. The number of ether oxygens (including phenoxy) is 1. The second-order valence-corrected chi connectivity index (χ2v) is 4.73. The van der Waals surface area contributed by atoms with Gasteiger partial charge in [-0.15, -0.1) is 0 Å². The number of halogens is 1. The van der Waals surface area contributed by atoms with Crippen LogP contribution in [0.2, 0.25) is 0 Å². The monoisotopic (exact) mass is 298 g/mol. The lowest BCUT2D eigenvalue weighted by molar-refractivity contribution is -0.117. The van der Waals surface area contributed by atoms with Gasteiger partial charge in [0.1, 0.15) is 5.82 Å². The quantitative estimate of drug-likeness (QED) is 0.867. The molecule has 1 aromatic rings. The van der Waals surface area contributed by atoms with E-state index >= 15 is 0 Å². The minimum Gasteiger partial charge on any atom is -0.464 e. The zero-order valence-electron chi connectivity index (χ0n) is 9.20. The van der Waals surface area contributed by atoms with Crippen LogP contribution in [0.25, 0.3) is 0 Å². The molecule has 1 N–H and O–H groups in total. The predicted molar refractivity (Wildman–Crippen MR) is 64.6 cm³/mol. The number of esters is 1. The topological polar surface area (TPSA) is 68.3 Å². The first-order valence-corrected chi connectivity index (χ1v) is 5.96. The minimum absolute atomic E-state index is 0.0496. The Morgan fingerprint density at radius 2 is 2.18 bits per heavy atom. The van der Waals surface area contributed by atoms with Crippen molar-refractivity contribution in [2.24, 2.45) is 5.92 Å². The van der Waals surface area contributed by atoms with Crippen molar-refractivity contribution in [2.75, 3.05) is 12.4 Å². The van der Waals surface area contributed by atoms with Gasteiger partial charge in [0.15, 0.2) is 5.69 Å². The zero-order valence-corrected chi connectivity index (χ0v) is 10.8. The molecule has 1 saturated carbocycles. The molecule has 1 aliphatic carbocycles. The van der Waals surface area contributed by atoms with Crippen molar-refractivity contribution in [3.8, 4) is 0 Å². The summed E-state index contributed by atoms with van der Waals surface area (Å²) in [4.78, 5) is 26.9. The van der Waals surface area contributed by atoms with Gasteiger partial charge < -0.3 is 10.1 Å². The van der Waals surface area contributed by atoms with Crippen LogP contribution in [0.4, 0.5) is 5.82 Å². The number of hydrogen-bond donors (Lipinski definition) is 1. The summed E-state index contributed by atoms with van der Waals surface area (Å²) in [5.41, 5.74) is 0.160. The molecule has 1 aromatic heterocycles. The fourth-order valence-corrected chi connectivity index (χ4v) is 1.78. The third-order valence-electron chi connectivity index (χ3n) is 2.38. The van der Waals surface area contributed by atoms with Gasteiger partial charge in [-0.2, -0.15) is 0 Å². The smallest absolute Gasteiger partial charge is 0.356 e. The highest BCUT2D eigenvalue weighted by atomic mass is 79.9. The third-order valence-corrected chi connectivity index (χ3v) is 2.84. The Balaban J connectivity index is 2.18. The van der Waals surface area contributed by atoms with Crippen LogP contribution in [0.15, 0.2) is 16.6 Å². The van der Waals surface area contributed by atoms with Crippen LogP contribution < -0.4 is 5.32 Å². The number of nitrogens with zero attached hydrogens (tertiary/aromatic N) is 1. The molecule has 2 rings (SSSR count). The van der Waals surface area contributed by atoms with Crippen LogP contribution in [0, 0.1) is 5.92 Å². The van der Waals surface area contributed by atoms with Gasteiger partial charge in [0.25, 0.3) is 0 Å². The van der Waals surface area contributed by atoms with Gasteiger partial charge in [-0.25, -0.2) is 9.78 Å². The highest BCUT2D eigenvalue weighted by molar-refractivity contribution is 9.10. The van der Waals surface area contributed by atoms with E-state index in [9.17, 15) is 9.59 Å². The van der Waals surface area contributed by atoms with E-state index in [1.165, 1.54) is 7.11 Å². The maximum atomic E-state index is 11.6. The Morgan fingerprint density at radius 3 is 2.76 bits per heavy atom. The molecule has 1 fully saturated rings. The number of carbonyl (C=O) groups is 2. The Morgan fingerprint density at radius 1 is 1.47 bits per heavy atom. The molecule has 0 aromatic carbocycles. The summed E-state index contributed by atoms with van der Waals surface area (Å²) in [6, 6.07) is 3.19. The van der Waals surface area contributed by atoms with Gasteiger partial charge in [-0.1, -0.05) is 15.9 Å². The van der Waals surface area contributed by atoms with E-state index in [4.69, 9.17) is 0 Å². The summed E-state index contributed by atoms with van der Waals surface area (Å²) >= 11 is 3.25. The fraction of sp³-hybridized carbons (Fsp3) is 0.364. The third kappa shape index (κ3) is 3.03. The maximum Gasteiger partial charge on any atom is 0.356 e. The molecule has 6 heteroatoms. The lowest BCUT2D eigenvalue weighted by Gasteiger charge is -2.06. The van der Waals surface area contributed by atoms with E-state index in [0.717, 1.165) is 12.8 Å². The molecule has 1 heterocycles. The highest BCUT2D eigenvalue weighted by Crippen LogP contribution is 2.30. The molecular formula is C11H11BrN2O3. The molecule has 0 bridgehead atoms. The minimum atomic E-state index is -0.534. The standard InChI is InChI=1S/C11H11BrN2O3/c1-17-11(16)8-4-7(12)5-9(13-8)14-10(15)6-2-3-6/h4-6H,2-3H2,1H3,(H,13,14,15). The van der Waals surface area contributed by atoms with Crippen LogP contribution >= 0.6 is 15.9 Å². The van der Waals surface area contributed by atoms with Crippen molar-refractivity contribution in [3.05, 3.63) is 22.3 Å². The Bertz CT molecular complexity index is 472. The molecule has 17 heavy (non-hydrogen) atoms. The first kappa shape index (κ1) is 12.0. The number of amides is 1. The van der Waals surface area contributed by atoms with Gasteiger partial charge in [0.2, 0.25) is 5.91 Å². The van der Waals surface area contributed by atoms with Crippen LogP contribution in [0.3, 0.4) is 0 Å². The number of aromatic nitrogens is 1. The molecular weight excluding hydrogens is 288 g/mol. The number of methoxy groups -OCH3 is 1. The molecule has 0 spiro atoms. The largest absolute Gasteiger partial charge is 0.464 e. The van der Waals surface area contributed by atoms with E-state index in [1.54, 1.807) is 12.1 Å². The molecule has 1 aliphatic rings. The van der Waals surface area contributed by atoms with Crippen LogP contribution in [-0.2, 0) is 9.53 Å². The van der Waals surface area contributed by atoms with Gasteiger partial charge >= 0.3 is 5.97 Å². The van der Waals surface area contributed by atoms with Crippen LogP contribution in [0.5, 0.6) is 0 Å². The molecule has 1 amide bonds. The SMILES string of the molecule is COC(=O)c1cc(Br)cc(NC(=O)C2CC2)n1. The normalized spacial score (nSPS) is 14.2. The van der Waals surface area contributed by atoms with Gasteiger partial charge in [-0.05, 0) is 25.0 Å². The van der Waals surface area contributed by atoms with Gasteiger partial charge in [0, 0.05) is 10.4 Å². The molecule has 0 saturated heterocycles. The van der Waals surface area contributed by atoms with Gasteiger partial charge in [0.05, 0.1) is 7.11 Å². The molecule has 0 aliphatic heterocycles. The van der Waals surface area contributed by atoms with E-state index < -0.39 is 5.97 Å². The number of pyridine rings is 1. The van der Waals surface area contributed by atoms with Crippen molar-refractivity contribution >= 4 is 33.6 Å². The van der Waals surface area contributed by atoms with E-state index in [2.05, 4.69) is 31.0 Å². The molecule has 0 atom stereocenters. The number of hydrogen-bond acceptors (Lipinski definition) is 4. The second-order valence-electron chi connectivity index (χ2n) is 3.81. The summed E-state index contributed by atoms with van der Waals surface area (Å²) in [5.74, 6) is -0.131. The predicted octanol–water partition coefficient (Wildman–Crippen LogP) is 1.98. The molecule has 90 valence electrons. The van der Waals surface area contributed by atoms with Crippen molar-refractivity contribution in [2.45, 2.75) is 12.8 Å². The zero-order chi connectivity index (χ0) is 12.4. The summed E-state index contributed by atoms with van der Waals surface area (Å²) in [6.07, 6.45) is 1.84. The maximum absolute atomic E-state index is 11.6. The van der Waals surface area contributed by atoms with E-state index in [-0.39, 0.29) is 17.5 Å². The van der Waals surface area contributed by atoms with Crippen LogP contribution in [-0.4, -0.2) is 24.0 Å². The Hall–Kier alpha value is -1.43. The molecule has 5 nitrogen and oxygen atoms in total. The van der Waals surface area contributed by atoms with Crippen molar-refractivity contribution in [1.82, 2.24) is 4.98 Å². The highest BCUT2D eigenvalue weighted by Gasteiger charge is 2.30. The number of nitrogens with one attached hydrogen (secondary N) is 1. The van der Waals surface area contributed by atoms with Crippen LogP contribution in [0.1, 0.15) is 23.3 Å². The van der Waals surface area contributed by atoms with E-state index in [0.29, 0.717) is 10.3 Å². The van der Waals surface area contributed by atoms with Crippen molar-refractivity contribution in [1.29, 1.82) is 0 Å². The average Bonchev–Trinajstić information content (AvgIpc) is 3.10. The molecule has 0 radical (unpaired) electrons. The number of rotatable bonds is 3. The lowest BCUT2D eigenvalue weighted by Crippen LogP contribution is -2.15. The molecule has 0 unspecified atom stereocenters. The Kier molecular flexibility index (Phi) is 3.42. The van der Waals surface area contributed by atoms with E-state index in [1.807, 2.05) is 0 Å².